The minimum absolute atomic E-state index is 0.0887. The maximum absolute atomic E-state index is 12.6. The molecule has 0 aromatic heterocycles. The molecule has 0 saturated heterocycles. The van der Waals surface area contributed by atoms with Gasteiger partial charge in [-0.2, -0.15) is 0 Å². The Bertz CT molecular complexity index is 611. The second kappa shape index (κ2) is 7.56. The monoisotopic (exact) mass is 360 g/mol. The number of nitrogens with zero attached hydrogens (tertiary/aromatic N) is 2. The van der Waals surface area contributed by atoms with E-state index in [2.05, 4.69) is 33.0 Å². The average Bonchev–Trinajstić information content (AvgIpc) is 2.50. The molecular formula is C18H21BrN2O. The average molecular weight is 361 g/mol. The number of amides is 1. The Hall–Kier alpha value is -1.65. The van der Waals surface area contributed by atoms with Gasteiger partial charge in [0.2, 0.25) is 5.91 Å². The van der Waals surface area contributed by atoms with Crippen LogP contribution in [0.4, 0.5) is 0 Å². The molecule has 2 aromatic rings. The maximum Gasteiger partial charge on any atom is 0.244 e. The van der Waals surface area contributed by atoms with E-state index in [0.29, 0.717) is 6.54 Å². The Labute approximate surface area is 140 Å². The molecule has 0 aliphatic carbocycles. The first-order valence-electron chi connectivity index (χ1n) is 7.20. The Kier molecular flexibility index (Phi) is 5.75. The van der Waals surface area contributed by atoms with Crippen molar-refractivity contribution in [1.82, 2.24) is 9.80 Å². The van der Waals surface area contributed by atoms with Gasteiger partial charge in [0.1, 0.15) is 6.04 Å². The lowest BCUT2D eigenvalue weighted by Gasteiger charge is -2.29. The van der Waals surface area contributed by atoms with Gasteiger partial charge in [0.05, 0.1) is 0 Å². The second-order valence-electron chi connectivity index (χ2n) is 5.59. The molecule has 2 aromatic carbocycles. The molecule has 4 heteroatoms. The molecule has 3 nitrogen and oxygen atoms in total. The van der Waals surface area contributed by atoms with Gasteiger partial charge in [-0.15, -0.1) is 0 Å². The summed E-state index contributed by atoms with van der Waals surface area (Å²) in [5.41, 5.74) is 2.19. The standard InChI is InChI=1S/C18H21BrN2O/c1-20(2)18(22)17(15-7-5-4-6-8-15)21(3)13-14-9-11-16(19)12-10-14/h4-12,17H,13H2,1-3H3/t17-/m0/s1. The largest absolute Gasteiger partial charge is 0.347 e. The lowest BCUT2D eigenvalue weighted by Crippen LogP contribution is -2.37. The van der Waals surface area contributed by atoms with Gasteiger partial charge in [-0.25, -0.2) is 0 Å². The highest BCUT2D eigenvalue weighted by molar-refractivity contribution is 9.10. The van der Waals surface area contributed by atoms with Crippen LogP contribution in [0.25, 0.3) is 0 Å². The van der Waals surface area contributed by atoms with Gasteiger partial charge in [-0.1, -0.05) is 58.4 Å². The van der Waals surface area contributed by atoms with Crippen molar-refractivity contribution >= 4 is 21.8 Å². The number of carbonyl (C=O) groups excluding carboxylic acids is 1. The zero-order valence-electron chi connectivity index (χ0n) is 13.2. The Balaban J connectivity index is 2.24. The first-order valence-corrected chi connectivity index (χ1v) is 7.99. The topological polar surface area (TPSA) is 23.6 Å². The van der Waals surface area contributed by atoms with E-state index < -0.39 is 0 Å². The number of carbonyl (C=O) groups is 1. The summed E-state index contributed by atoms with van der Waals surface area (Å²) >= 11 is 3.45. The summed E-state index contributed by atoms with van der Waals surface area (Å²) in [6.07, 6.45) is 0. The molecule has 2 rings (SSSR count). The van der Waals surface area contributed by atoms with Crippen molar-refractivity contribution < 1.29 is 4.79 Å². The summed E-state index contributed by atoms with van der Waals surface area (Å²) < 4.78 is 1.06. The molecule has 1 atom stereocenters. The van der Waals surface area contributed by atoms with Crippen LogP contribution in [0, 0.1) is 0 Å². The summed E-state index contributed by atoms with van der Waals surface area (Å²) in [4.78, 5) is 16.3. The van der Waals surface area contributed by atoms with Crippen LogP contribution >= 0.6 is 15.9 Å². The van der Waals surface area contributed by atoms with E-state index in [0.717, 1.165) is 10.0 Å². The third-order valence-corrected chi connectivity index (χ3v) is 4.10. The van der Waals surface area contributed by atoms with Crippen LogP contribution in [0.15, 0.2) is 59.1 Å². The van der Waals surface area contributed by atoms with Gasteiger partial charge in [-0.05, 0) is 30.3 Å². The van der Waals surface area contributed by atoms with Crippen molar-refractivity contribution in [3.63, 3.8) is 0 Å². The highest BCUT2D eigenvalue weighted by Gasteiger charge is 2.26. The summed E-state index contributed by atoms with van der Waals surface area (Å²) in [6, 6.07) is 17.8. The van der Waals surface area contributed by atoms with E-state index in [1.54, 1.807) is 19.0 Å². The van der Waals surface area contributed by atoms with Crippen LogP contribution in [0.5, 0.6) is 0 Å². The second-order valence-corrected chi connectivity index (χ2v) is 6.50. The quantitative estimate of drug-likeness (QED) is 0.811. The van der Waals surface area contributed by atoms with Crippen molar-refractivity contribution in [3.05, 3.63) is 70.2 Å². The van der Waals surface area contributed by atoms with E-state index in [1.807, 2.05) is 49.5 Å². The van der Waals surface area contributed by atoms with Crippen LogP contribution < -0.4 is 0 Å². The number of likely N-dealkylation sites (N-methyl/N-ethyl adjacent to an activating group) is 2. The van der Waals surface area contributed by atoms with Crippen LogP contribution in [-0.4, -0.2) is 36.9 Å². The minimum Gasteiger partial charge on any atom is -0.347 e. The van der Waals surface area contributed by atoms with E-state index in [4.69, 9.17) is 0 Å². The summed E-state index contributed by atoms with van der Waals surface area (Å²) in [5.74, 6) is 0.0887. The molecule has 1 amide bonds. The lowest BCUT2D eigenvalue weighted by molar-refractivity contribution is -0.134. The van der Waals surface area contributed by atoms with Crippen LogP contribution in [0.2, 0.25) is 0 Å². The minimum atomic E-state index is -0.278. The van der Waals surface area contributed by atoms with Gasteiger partial charge in [-0.3, -0.25) is 9.69 Å². The summed E-state index contributed by atoms with van der Waals surface area (Å²) in [6.45, 7) is 0.715. The molecule has 0 aliphatic heterocycles. The molecule has 22 heavy (non-hydrogen) atoms. The summed E-state index contributed by atoms with van der Waals surface area (Å²) in [7, 11) is 5.58. The Morgan fingerprint density at radius 2 is 1.59 bits per heavy atom. The molecule has 0 N–H and O–H groups in total. The van der Waals surface area contributed by atoms with Crippen LogP contribution in [-0.2, 0) is 11.3 Å². The van der Waals surface area contributed by atoms with Gasteiger partial charge in [0.15, 0.2) is 0 Å². The number of hydrogen-bond acceptors (Lipinski definition) is 2. The van der Waals surface area contributed by atoms with Crippen molar-refractivity contribution in [1.29, 1.82) is 0 Å². The SMILES string of the molecule is CN(C)C(=O)[C@H](c1ccccc1)N(C)Cc1ccc(Br)cc1. The molecule has 116 valence electrons. The first-order chi connectivity index (χ1) is 10.5. The highest BCUT2D eigenvalue weighted by Crippen LogP contribution is 2.23. The smallest absolute Gasteiger partial charge is 0.244 e. The number of rotatable bonds is 5. The molecule has 0 radical (unpaired) electrons. The third-order valence-electron chi connectivity index (χ3n) is 3.58. The van der Waals surface area contributed by atoms with Crippen LogP contribution in [0.3, 0.4) is 0 Å². The fourth-order valence-corrected chi connectivity index (χ4v) is 2.70. The van der Waals surface area contributed by atoms with E-state index in [-0.39, 0.29) is 11.9 Å². The molecule has 0 unspecified atom stereocenters. The molecule has 0 saturated carbocycles. The van der Waals surface area contributed by atoms with Gasteiger partial charge in [0.25, 0.3) is 0 Å². The maximum atomic E-state index is 12.6. The molecule has 0 heterocycles. The van der Waals surface area contributed by atoms with E-state index in [1.165, 1.54) is 5.56 Å². The predicted molar refractivity (Wildman–Crippen MR) is 93.5 cm³/mol. The number of hydrogen-bond donors (Lipinski definition) is 0. The Morgan fingerprint density at radius 1 is 1.00 bits per heavy atom. The van der Waals surface area contributed by atoms with Crippen LogP contribution in [0.1, 0.15) is 17.2 Å². The number of benzene rings is 2. The third kappa shape index (κ3) is 4.18. The molecule has 0 fully saturated rings. The zero-order valence-corrected chi connectivity index (χ0v) is 14.7. The predicted octanol–water partition coefficient (Wildman–Crippen LogP) is 3.71. The zero-order chi connectivity index (χ0) is 16.1. The first kappa shape index (κ1) is 16.7. The normalized spacial score (nSPS) is 12.2. The van der Waals surface area contributed by atoms with Crippen molar-refractivity contribution in [3.8, 4) is 0 Å². The fraction of sp³-hybridized carbons (Fsp3) is 0.278. The van der Waals surface area contributed by atoms with Gasteiger partial charge in [0, 0.05) is 25.1 Å². The molecule has 0 bridgehead atoms. The molecule has 0 spiro atoms. The molecular weight excluding hydrogens is 340 g/mol. The summed E-state index contributed by atoms with van der Waals surface area (Å²) in [5, 5.41) is 0. The van der Waals surface area contributed by atoms with Crippen molar-refractivity contribution in [2.24, 2.45) is 0 Å². The van der Waals surface area contributed by atoms with E-state index in [9.17, 15) is 4.79 Å². The highest BCUT2D eigenvalue weighted by atomic mass is 79.9. The van der Waals surface area contributed by atoms with E-state index >= 15 is 0 Å². The molecule has 0 aliphatic rings. The fourth-order valence-electron chi connectivity index (χ4n) is 2.43. The van der Waals surface area contributed by atoms with Gasteiger partial charge >= 0.3 is 0 Å². The van der Waals surface area contributed by atoms with Crippen molar-refractivity contribution in [2.75, 3.05) is 21.1 Å². The lowest BCUT2D eigenvalue weighted by atomic mass is 10.0. The van der Waals surface area contributed by atoms with Gasteiger partial charge < -0.3 is 4.90 Å². The number of halogens is 1. The Morgan fingerprint density at radius 3 is 2.14 bits per heavy atom. The van der Waals surface area contributed by atoms with Crippen molar-refractivity contribution in [2.45, 2.75) is 12.6 Å².